The third-order valence-electron chi connectivity index (χ3n) is 5.51. The highest BCUT2D eigenvalue weighted by Crippen LogP contribution is 2.39. The Morgan fingerprint density at radius 1 is 1.32 bits per heavy atom. The average Bonchev–Trinajstić information content (AvgIpc) is 3.07. The highest BCUT2D eigenvalue weighted by Gasteiger charge is 2.43. The van der Waals surface area contributed by atoms with E-state index in [0.717, 1.165) is 31.5 Å². The number of hydrogen-bond acceptors (Lipinski definition) is 2. The molecule has 1 aliphatic heterocycles. The van der Waals surface area contributed by atoms with Crippen LogP contribution < -0.4 is 0 Å². The lowest BCUT2D eigenvalue weighted by Gasteiger charge is -2.22. The first-order valence-corrected chi connectivity index (χ1v) is 8.09. The van der Waals surface area contributed by atoms with Crippen LogP contribution >= 0.6 is 0 Å². The number of nitrogens with zero attached hydrogens (tertiary/aromatic N) is 1. The summed E-state index contributed by atoms with van der Waals surface area (Å²) < 4.78 is 0. The monoisotopic (exact) mass is 295 g/mol. The Balaban J connectivity index is 1.54. The minimum absolute atomic E-state index is 0.151. The molecule has 1 amide bonds. The van der Waals surface area contributed by atoms with Crippen LogP contribution in [0.3, 0.4) is 0 Å². The molecule has 0 bridgehead atoms. The van der Waals surface area contributed by atoms with Gasteiger partial charge in [0.05, 0.1) is 5.92 Å². The fourth-order valence-corrected chi connectivity index (χ4v) is 4.28. The van der Waals surface area contributed by atoms with Crippen LogP contribution in [0, 0.1) is 11.8 Å². The predicted octanol–water partition coefficient (Wildman–Crippen LogP) is 3.19. The molecule has 4 rings (SSSR count). The van der Waals surface area contributed by atoms with Crippen molar-refractivity contribution >= 4 is 5.91 Å². The summed E-state index contributed by atoms with van der Waals surface area (Å²) in [5.41, 5.74) is 3.67. The highest BCUT2D eigenvalue weighted by molar-refractivity contribution is 5.85. The number of likely N-dealkylation sites (tertiary alicyclic amines) is 1. The summed E-state index contributed by atoms with van der Waals surface area (Å²) in [6.07, 6.45) is 6.00. The minimum atomic E-state index is -0.151. The summed E-state index contributed by atoms with van der Waals surface area (Å²) in [5.74, 6) is 0.981. The molecule has 3 nitrogen and oxygen atoms in total. The molecule has 0 saturated carbocycles. The molecule has 2 aliphatic carbocycles. The number of allylic oxidation sites excluding steroid dienone is 1. The summed E-state index contributed by atoms with van der Waals surface area (Å²) >= 11 is 0. The van der Waals surface area contributed by atoms with Crippen LogP contribution in [0.15, 0.2) is 47.7 Å². The van der Waals surface area contributed by atoms with Crippen molar-refractivity contribution in [3.05, 3.63) is 58.9 Å². The van der Waals surface area contributed by atoms with Gasteiger partial charge in [-0.15, -0.1) is 0 Å². The molecule has 0 aromatic heterocycles. The van der Waals surface area contributed by atoms with Gasteiger partial charge in [-0.3, -0.25) is 4.79 Å². The quantitative estimate of drug-likeness (QED) is 0.910. The molecule has 0 spiro atoms. The normalized spacial score (nSPS) is 30.0. The number of aryl methyl sites for hydroxylation is 1. The molecule has 1 heterocycles. The van der Waals surface area contributed by atoms with Gasteiger partial charge in [0, 0.05) is 24.9 Å². The molecule has 3 heteroatoms. The van der Waals surface area contributed by atoms with E-state index in [1.165, 1.54) is 11.1 Å². The summed E-state index contributed by atoms with van der Waals surface area (Å²) in [6.45, 7) is 3.47. The lowest BCUT2D eigenvalue weighted by atomic mass is 9.84. The number of aliphatic hydroxyl groups is 1. The zero-order valence-electron chi connectivity index (χ0n) is 12.8. The van der Waals surface area contributed by atoms with Crippen LogP contribution in [-0.2, 0) is 11.2 Å². The van der Waals surface area contributed by atoms with Crippen molar-refractivity contribution in [3.8, 4) is 0 Å². The van der Waals surface area contributed by atoms with Gasteiger partial charge in [-0.1, -0.05) is 30.3 Å². The largest absolute Gasteiger partial charge is 0.508 e. The number of rotatable bonds is 2. The van der Waals surface area contributed by atoms with E-state index in [1.807, 2.05) is 17.9 Å². The van der Waals surface area contributed by atoms with Crippen LogP contribution in [-0.4, -0.2) is 29.0 Å². The van der Waals surface area contributed by atoms with Gasteiger partial charge >= 0.3 is 0 Å². The van der Waals surface area contributed by atoms with Crippen molar-refractivity contribution in [2.75, 3.05) is 13.1 Å². The molecule has 114 valence electrons. The molecule has 0 radical (unpaired) electrons. The van der Waals surface area contributed by atoms with Crippen molar-refractivity contribution in [1.29, 1.82) is 0 Å². The highest BCUT2D eigenvalue weighted by atomic mass is 16.3. The zero-order chi connectivity index (χ0) is 15.3. The van der Waals surface area contributed by atoms with Crippen molar-refractivity contribution in [1.82, 2.24) is 4.90 Å². The summed E-state index contributed by atoms with van der Waals surface area (Å²) in [5, 5.41) is 9.87. The number of benzene rings is 1. The van der Waals surface area contributed by atoms with Gasteiger partial charge in [-0.05, 0) is 42.5 Å². The lowest BCUT2D eigenvalue weighted by Crippen LogP contribution is -2.31. The number of hydrogen-bond donors (Lipinski definition) is 1. The molecule has 2 unspecified atom stereocenters. The van der Waals surface area contributed by atoms with E-state index >= 15 is 0 Å². The molecule has 1 aromatic rings. The number of fused-ring (bicyclic) bond motifs is 2. The molecular formula is C19H21NO2. The molecule has 1 fully saturated rings. The molecule has 3 aliphatic rings. The van der Waals surface area contributed by atoms with Gasteiger partial charge in [-0.25, -0.2) is 0 Å². The molecule has 1 N–H and O–H groups in total. The topological polar surface area (TPSA) is 40.5 Å². The minimum Gasteiger partial charge on any atom is -0.508 e. The van der Waals surface area contributed by atoms with Gasteiger partial charge in [-0.2, -0.15) is 0 Å². The predicted molar refractivity (Wildman–Crippen MR) is 85.5 cm³/mol. The van der Waals surface area contributed by atoms with Crippen LogP contribution in [0.2, 0.25) is 0 Å². The van der Waals surface area contributed by atoms with E-state index in [9.17, 15) is 9.90 Å². The molecule has 3 atom stereocenters. The first-order chi connectivity index (χ1) is 10.6. The van der Waals surface area contributed by atoms with Gasteiger partial charge in [0.2, 0.25) is 5.91 Å². The Kier molecular flexibility index (Phi) is 3.10. The van der Waals surface area contributed by atoms with Crippen LogP contribution in [0.4, 0.5) is 0 Å². The number of amides is 1. The second-order valence-corrected chi connectivity index (χ2v) is 6.75. The molecule has 1 aromatic carbocycles. The van der Waals surface area contributed by atoms with Gasteiger partial charge in [0.15, 0.2) is 0 Å². The third-order valence-corrected chi connectivity index (χ3v) is 5.51. The van der Waals surface area contributed by atoms with E-state index in [4.69, 9.17) is 0 Å². The Labute approximate surface area is 130 Å². The second kappa shape index (κ2) is 5.01. The Hall–Kier alpha value is -2.03. The van der Waals surface area contributed by atoms with E-state index in [2.05, 4.69) is 24.3 Å². The van der Waals surface area contributed by atoms with Gasteiger partial charge in [0.1, 0.15) is 5.76 Å². The number of aliphatic hydroxyl groups excluding tert-OH is 1. The van der Waals surface area contributed by atoms with Crippen LogP contribution in [0.1, 0.15) is 30.4 Å². The maximum Gasteiger partial charge on any atom is 0.230 e. The third kappa shape index (κ3) is 1.99. The standard InChI is InChI=1S/C19H21NO2/c1-12-17(21)9-8-15-11-20(19(22)18(12)15)10-14-7-6-13-4-2-3-5-16(13)14/h2-5,8-9,14-15,18,21H,6-7,10-11H2,1H3/t14-,15?,18?/m1/s1. The average molecular weight is 295 g/mol. The van der Waals surface area contributed by atoms with Gasteiger partial charge in [0.25, 0.3) is 0 Å². The Morgan fingerprint density at radius 3 is 3.00 bits per heavy atom. The van der Waals surface area contributed by atoms with Crippen molar-refractivity contribution < 1.29 is 9.90 Å². The van der Waals surface area contributed by atoms with Crippen molar-refractivity contribution in [3.63, 3.8) is 0 Å². The van der Waals surface area contributed by atoms with Crippen molar-refractivity contribution in [2.24, 2.45) is 11.8 Å². The Bertz CT molecular complexity index is 688. The fraction of sp³-hybridized carbons (Fsp3) is 0.421. The van der Waals surface area contributed by atoms with E-state index in [1.54, 1.807) is 6.08 Å². The lowest BCUT2D eigenvalue weighted by molar-refractivity contribution is -0.130. The van der Waals surface area contributed by atoms with E-state index < -0.39 is 0 Å². The van der Waals surface area contributed by atoms with E-state index in [0.29, 0.717) is 5.92 Å². The van der Waals surface area contributed by atoms with Gasteiger partial charge < -0.3 is 10.0 Å². The second-order valence-electron chi connectivity index (χ2n) is 6.75. The SMILES string of the molecule is CC1=C(O)C=CC2CN(C[C@H]3CCc4ccccc43)C(=O)C12. The molecule has 22 heavy (non-hydrogen) atoms. The summed E-state index contributed by atoms with van der Waals surface area (Å²) in [7, 11) is 0. The van der Waals surface area contributed by atoms with Crippen LogP contribution in [0.5, 0.6) is 0 Å². The zero-order valence-corrected chi connectivity index (χ0v) is 12.8. The van der Waals surface area contributed by atoms with Crippen LogP contribution in [0.25, 0.3) is 0 Å². The number of carbonyl (C=O) groups is 1. The first-order valence-electron chi connectivity index (χ1n) is 8.09. The smallest absolute Gasteiger partial charge is 0.230 e. The molecular weight excluding hydrogens is 274 g/mol. The summed E-state index contributed by atoms with van der Waals surface area (Å²) in [4.78, 5) is 14.8. The first kappa shape index (κ1) is 13.6. The van der Waals surface area contributed by atoms with E-state index in [-0.39, 0.29) is 23.5 Å². The van der Waals surface area contributed by atoms with Crippen molar-refractivity contribution in [2.45, 2.75) is 25.7 Å². The number of carbonyl (C=O) groups excluding carboxylic acids is 1. The molecule has 1 saturated heterocycles. The maximum atomic E-state index is 12.7. The Morgan fingerprint density at radius 2 is 2.14 bits per heavy atom. The maximum absolute atomic E-state index is 12.7. The summed E-state index contributed by atoms with van der Waals surface area (Å²) in [6, 6.07) is 8.60. The fourth-order valence-electron chi connectivity index (χ4n) is 4.28.